The van der Waals surface area contributed by atoms with E-state index >= 15 is 0 Å². The maximum Gasteiger partial charge on any atom is 0.416 e. The molecular weight excluding hydrogens is 575 g/mol. The third-order valence-electron chi connectivity index (χ3n) is 7.52. The van der Waals surface area contributed by atoms with E-state index in [4.69, 9.17) is 0 Å². The Morgan fingerprint density at radius 1 is 0.884 bits per heavy atom. The Morgan fingerprint density at radius 2 is 1.63 bits per heavy atom. The standard InChI is InChI=1S/C33H32F3N3O3S/c34-33(35,36)27-12-16-31(30-8-2-1-7-26(30)23-39-18-3-4-19-39)32(21-27)43(41,42)38-28-13-9-24(10-14-28)20-29(40)15-11-25-6-5-17-37-22-25/h1-2,5-10,12-14,16-17,21-22,38H,3-4,11,15,18-20,23H2. The Morgan fingerprint density at radius 3 is 2.33 bits per heavy atom. The van der Waals surface area contributed by atoms with Crippen molar-refractivity contribution in [2.75, 3.05) is 17.8 Å². The summed E-state index contributed by atoms with van der Waals surface area (Å²) < 4.78 is 70.9. The molecule has 1 fully saturated rings. The molecule has 2 heterocycles. The molecule has 0 bridgehead atoms. The number of ketones is 1. The molecule has 0 unspecified atom stereocenters. The highest BCUT2D eigenvalue weighted by Gasteiger charge is 2.33. The molecule has 6 nitrogen and oxygen atoms in total. The maximum absolute atomic E-state index is 13.7. The van der Waals surface area contributed by atoms with Crippen LogP contribution in [0, 0.1) is 0 Å². The zero-order valence-electron chi connectivity index (χ0n) is 23.5. The molecule has 3 aromatic carbocycles. The summed E-state index contributed by atoms with van der Waals surface area (Å²) in [7, 11) is -4.43. The van der Waals surface area contributed by atoms with Gasteiger partial charge in [0.1, 0.15) is 5.78 Å². The van der Waals surface area contributed by atoms with Gasteiger partial charge in [0.25, 0.3) is 10.0 Å². The largest absolute Gasteiger partial charge is 0.416 e. The first-order chi connectivity index (χ1) is 20.6. The van der Waals surface area contributed by atoms with Crippen molar-refractivity contribution in [3.8, 4) is 11.1 Å². The molecule has 1 saturated heterocycles. The number of hydrogen-bond donors (Lipinski definition) is 1. The van der Waals surface area contributed by atoms with Crippen molar-refractivity contribution in [3.63, 3.8) is 0 Å². The summed E-state index contributed by atoms with van der Waals surface area (Å²) in [5, 5.41) is 0. The van der Waals surface area contributed by atoms with Crippen LogP contribution in [0.2, 0.25) is 0 Å². The molecule has 0 atom stereocenters. The van der Waals surface area contributed by atoms with Gasteiger partial charge in [0.05, 0.1) is 10.5 Å². The summed E-state index contributed by atoms with van der Waals surface area (Å²) in [4.78, 5) is 18.3. The summed E-state index contributed by atoms with van der Waals surface area (Å²) in [6, 6.07) is 20.1. The average molecular weight is 608 g/mol. The van der Waals surface area contributed by atoms with Gasteiger partial charge in [-0.15, -0.1) is 0 Å². The molecule has 0 amide bonds. The highest BCUT2D eigenvalue weighted by molar-refractivity contribution is 7.92. The Labute approximate surface area is 249 Å². The number of hydrogen-bond acceptors (Lipinski definition) is 5. The molecule has 0 radical (unpaired) electrons. The van der Waals surface area contributed by atoms with Gasteiger partial charge in [0.2, 0.25) is 0 Å². The average Bonchev–Trinajstić information content (AvgIpc) is 3.50. The smallest absolute Gasteiger partial charge is 0.299 e. The minimum absolute atomic E-state index is 0.0263. The molecular formula is C33H32F3N3O3S. The van der Waals surface area contributed by atoms with E-state index in [1.165, 1.54) is 18.2 Å². The number of benzene rings is 3. The maximum atomic E-state index is 13.7. The first kappa shape index (κ1) is 30.4. The normalized spacial score (nSPS) is 14.1. The van der Waals surface area contributed by atoms with Crippen LogP contribution in [0.15, 0.2) is 96.2 Å². The highest BCUT2D eigenvalue weighted by Crippen LogP contribution is 2.37. The quantitative estimate of drug-likeness (QED) is 0.201. The second kappa shape index (κ2) is 13.1. The van der Waals surface area contributed by atoms with Gasteiger partial charge in [0, 0.05) is 43.0 Å². The molecule has 1 aromatic heterocycles. The van der Waals surface area contributed by atoms with E-state index in [1.54, 1.807) is 36.7 Å². The van der Waals surface area contributed by atoms with Crippen LogP contribution in [0.25, 0.3) is 11.1 Å². The van der Waals surface area contributed by atoms with Crippen LogP contribution in [-0.2, 0) is 40.4 Å². The van der Waals surface area contributed by atoms with Gasteiger partial charge in [-0.05, 0) is 84.9 Å². The van der Waals surface area contributed by atoms with Crippen molar-refractivity contribution < 1.29 is 26.4 Å². The topological polar surface area (TPSA) is 79.4 Å². The number of aromatic nitrogens is 1. The Hall–Kier alpha value is -4.02. The number of Topliss-reactive ketones (excluding diaryl/α,β-unsaturated/α-hetero) is 1. The number of carbonyl (C=O) groups excluding carboxylic acids is 1. The van der Waals surface area contributed by atoms with Crippen LogP contribution in [0.3, 0.4) is 0 Å². The highest BCUT2D eigenvalue weighted by atomic mass is 32.2. The number of aryl methyl sites for hydroxylation is 1. The predicted octanol–water partition coefficient (Wildman–Crippen LogP) is 6.91. The minimum atomic E-state index is -4.72. The number of likely N-dealkylation sites (tertiary alicyclic amines) is 1. The summed E-state index contributed by atoms with van der Waals surface area (Å²) >= 11 is 0. The van der Waals surface area contributed by atoms with Gasteiger partial charge in [-0.2, -0.15) is 13.2 Å². The molecule has 1 N–H and O–H groups in total. The molecule has 10 heteroatoms. The van der Waals surface area contributed by atoms with E-state index in [-0.39, 0.29) is 23.5 Å². The number of halogens is 3. The van der Waals surface area contributed by atoms with Gasteiger partial charge in [-0.25, -0.2) is 8.42 Å². The summed E-state index contributed by atoms with van der Waals surface area (Å²) in [5.74, 6) is 0.0263. The Bertz CT molecular complexity index is 1670. The van der Waals surface area contributed by atoms with Crippen LogP contribution in [0.1, 0.15) is 41.5 Å². The van der Waals surface area contributed by atoms with Gasteiger partial charge >= 0.3 is 6.18 Å². The molecule has 0 spiro atoms. The lowest BCUT2D eigenvalue weighted by molar-refractivity contribution is -0.137. The zero-order chi connectivity index (χ0) is 30.5. The second-order valence-corrected chi connectivity index (χ2v) is 12.4. The summed E-state index contributed by atoms with van der Waals surface area (Å²) in [6.07, 6.45) is 1.92. The summed E-state index contributed by atoms with van der Waals surface area (Å²) in [6.45, 7) is 2.41. The molecule has 1 aliphatic rings. The van der Waals surface area contributed by atoms with Crippen molar-refractivity contribution in [2.45, 2.75) is 49.7 Å². The number of nitrogens with zero attached hydrogens (tertiary/aromatic N) is 2. The predicted molar refractivity (Wildman–Crippen MR) is 160 cm³/mol. The third kappa shape index (κ3) is 7.88. The number of alkyl halides is 3. The van der Waals surface area contributed by atoms with Crippen molar-refractivity contribution in [1.82, 2.24) is 9.88 Å². The van der Waals surface area contributed by atoms with Gasteiger partial charge in [-0.1, -0.05) is 48.5 Å². The van der Waals surface area contributed by atoms with E-state index in [9.17, 15) is 26.4 Å². The first-order valence-corrected chi connectivity index (χ1v) is 15.6. The Balaban J connectivity index is 1.37. The first-order valence-electron chi connectivity index (χ1n) is 14.1. The van der Waals surface area contributed by atoms with Crippen molar-refractivity contribution >= 4 is 21.5 Å². The monoisotopic (exact) mass is 607 g/mol. The fourth-order valence-corrected chi connectivity index (χ4v) is 6.60. The lowest BCUT2D eigenvalue weighted by Gasteiger charge is -2.20. The van der Waals surface area contributed by atoms with E-state index in [0.717, 1.165) is 43.1 Å². The third-order valence-corrected chi connectivity index (χ3v) is 8.94. The van der Waals surface area contributed by atoms with Crippen molar-refractivity contribution in [2.24, 2.45) is 0 Å². The fourth-order valence-electron chi connectivity index (χ4n) is 5.29. The van der Waals surface area contributed by atoms with Crippen molar-refractivity contribution in [3.05, 3.63) is 114 Å². The molecule has 5 rings (SSSR count). The summed E-state index contributed by atoms with van der Waals surface area (Å²) in [5.41, 5.74) is 2.42. The molecule has 1 aliphatic heterocycles. The van der Waals surface area contributed by atoms with Crippen molar-refractivity contribution in [1.29, 1.82) is 0 Å². The SMILES string of the molecule is O=C(CCc1cccnc1)Cc1ccc(NS(=O)(=O)c2cc(C(F)(F)F)ccc2-c2ccccc2CN2CCCC2)cc1. The van der Waals surface area contributed by atoms with Crippen LogP contribution in [0.5, 0.6) is 0 Å². The van der Waals surface area contributed by atoms with Crippen LogP contribution >= 0.6 is 0 Å². The van der Waals surface area contributed by atoms with Gasteiger partial charge in [0.15, 0.2) is 0 Å². The van der Waals surface area contributed by atoms with Crippen LogP contribution < -0.4 is 4.72 Å². The van der Waals surface area contributed by atoms with Crippen LogP contribution in [-0.4, -0.2) is 37.2 Å². The molecule has 0 aliphatic carbocycles. The second-order valence-electron chi connectivity index (χ2n) is 10.7. The number of rotatable bonds is 11. The fraction of sp³-hybridized carbons (Fsp3) is 0.273. The molecule has 4 aromatic rings. The number of pyridine rings is 1. The molecule has 0 saturated carbocycles. The minimum Gasteiger partial charge on any atom is -0.299 e. The van der Waals surface area contributed by atoms with E-state index in [1.807, 2.05) is 24.3 Å². The number of sulfonamides is 1. The van der Waals surface area contributed by atoms with E-state index in [0.29, 0.717) is 36.6 Å². The Kier molecular flexibility index (Phi) is 9.27. The van der Waals surface area contributed by atoms with E-state index in [2.05, 4.69) is 14.6 Å². The van der Waals surface area contributed by atoms with Crippen LogP contribution in [0.4, 0.5) is 18.9 Å². The van der Waals surface area contributed by atoms with Gasteiger partial charge < -0.3 is 0 Å². The van der Waals surface area contributed by atoms with E-state index < -0.39 is 26.7 Å². The molecule has 224 valence electrons. The van der Waals surface area contributed by atoms with Gasteiger partial charge in [-0.3, -0.25) is 19.4 Å². The number of nitrogens with one attached hydrogen (secondary N) is 1. The number of anilines is 1. The lowest BCUT2D eigenvalue weighted by atomic mass is 9.98. The zero-order valence-corrected chi connectivity index (χ0v) is 24.3. The lowest BCUT2D eigenvalue weighted by Crippen LogP contribution is -2.19. The number of carbonyl (C=O) groups is 1. The molecule has 43 heavy (non-hydrogen) atoms.